The van der Waals surface area contributed by atoms with Gasteiger partial charge in [0.25, 0.3) is 0 Å². The van der Waals surface area contributed by atoms with E-state index in [0.29, 0.717) is 16.5 Å². The second-order valence-corrected chi connectivity index (χ2v) is 5.19. The van der Waals surface area contributed by atoms with Gasteiger partial charge in [-0.2, -0.15) is 0 Å². The summed E-state index contributed by atoms with van der Waals surface area (Å²) in [6.07, 6.45) is 0. The molecule has 0 unspecified atom stereocenters. The highest BCUT2D eigenvalue weighted by Crippen LogP contribution is 2.31. The van der Waals surface area contributed by atoms with E-state index in [1.54, 1.807) is 30.3 Å². The van der Waals surface area contributed by atoms with Gasteiger partial charge in [-0.15, -0.1) is 11.6 Å². The fourth-order valence-electron chi connectivity index (χ4n) is 1.58. The summed E-state index contributed by atoms with van der Waals surface area (Å²) in [5.74, 6) is 0.346. The standard InChI is InChI=1S/C14H12ClNO2S/c15-8-9-5-6-13(11(16)7-9)19-14(18)10-3-1-2-4-12(10)17/h1-7,17H,8,16H2. The zero-order chi connectivity index (χ0) is 13.8. The first kappa shape index (κ1) is 13.8. The van der Waals surface area contributed by atoms with Crippen LogP contribution >= 0.6 is 23.4 Å². The van der Waals surface area contributed by atoms with Crippen LogP contribution in [0.1, 0.15) is 15.9 Å². The highest BCUT2D eigenvalue weighted by molar-refractivity contribution is 8.14. The summed E-state index contributed by atoms with van der Waals surface area (Å²) in [5.41, 5.74) is 7.55. The Morgan fingerprint density at radius 3 is 2.63 bits per heavy atom. The molecular formula is C14H12ClNO2S. The van der Waals surface area contributed by atoms with E-state index in [0.717, 1.165) is 17.3 Å². The number of rotatable bonds is 3. The average Bonchev–Trinajstić information content (AvgIpc) is 2.41. The molecule has 0 aliphatic carbocycles. The Hall–Kier alpha value is -1.65. The summed E-state index contributed by atoms with van der Waals surface area (Å²) in [4.78, 5) is 12.7. The van der Waals surface area contributed by atoms with Crippen molar-refractivity contribution in [2.24, 2.45) is 0 Å². The molecule has 2 aromatic rings. The van der Waals surface area contributed by atoms with Crippen LogP contribution in [0, 0.1) is 0 Å². The van der Waals surface area contributed by atoms with E-state index in [-0.39, 0.29) is 16.4 Å². The fourth-order valence-corrected chi connectivity index (χ4v) is 2.54. The molecule has 2 aromatic carbocycles. The van der Waals surface area contributed by atoms with Crippen LogP contribution in [0.5, 0.6) is 5.75 Å². The molecule has 0 bridgehead atoms. The van der Waals surface area contributed by atoms with Crippen LogP contribution in [0.4, 0.5) is 5.69 Å². The van der Waals surface area contributed by atoms with E-state index in [1.807, 2.05) is 6.07 Å². The van der Waals surface area contributed by atoms with E-state index < -0.39 is 0 Å². The van der Waals surface area contributed by atoms with Crippen molar-refractivity contribution < 1.29 is 9.90 Å². The number of benzene rings is 2. The van der Waals surface area contributed by atoms with Crippen molar-refractivity contribution in [3.63, 3.8) is 0 Å². The topological polar surface area (TPSA) is 63.3 Å². The number of carbonyl (C=O) groups excluding carboxylic acids is 1. The Morgan fingerprint density at radius 1 is 1.26 bits per heavy atom. The molecule has 19 heavy (non-hydrogen) atoms. The second kappa shape index (κ2) is 5.99. The van der Waals surface area contributed by atoms with E-state index in [2.05, 4.69) is 0 Å². The monoisotopic (exact) mass is 293 g/mol. The van der Waals surface area contributed by atoms with Crippen molar-refractivity contribution in [1.29, 1.82) is 0 Å². The van der Waals surface area contributed by atoms with Crippen molar-refractivity contribution in [1.82, 2.24) is 0 Å². The average molecular weight is 294 g/mol. The summed E-state index contributed by atoms with van der Waals surface area (Å²) in [6, 6.07) is 11.8. The Kier molecular flexibility index (Phi) is 4.35. The number of para-hydroxylation sites is 1. The predicted molar refractivity (Wildman–Crippen MR) is 78.7 cm³/mol. The van der Waals surface area contributed by atoms with E-state index >= 15 is 0 Å². The minimum atomic E-state index is -0.247. The number of nitrogen functional groups attached to an aromatic ring is 1. The zero-order valence-corrected chi connectivity index (χ0v) is 11.5. The van der Waals surface area contributed by atoms with Gasteiger partial charge in [0.05, 0.1) is 5.56 Å². The number of phenolic OH excluding ortho intramolecular Hbond substituents is 1. The van der Waals surface area contributed by atoms with Gasteiger partial charge in [-0.1, -0.05) is 18.2 Å². The zero-order valence-electron chi connectivity index (χ0n) is 9.97. The molecule has 98 valence electrons. The van der Waals surface area contributed by atoms with Gasteiger partial charge in [-0.3, -0.25) is 4.79 Å². The number of hydrogen-bond acceptors (Lipinski definition) is 4. The minimum Gasteiger partial charge on any atom is -0.507 e. The predicted octanol–water partition coefficient (Wildman–Crippen LogP) is 3.65. The van der Waals surface area contributed by atoms with E-state index in [1.165, 1.54) is 6.07 Å². The number of anilines is 1. The van der Waals surface area contributed by atoms with Crippen LogP contribution in [0.3, 0.4) is 0 Å². The number of thioether (sulfide) groups is 1. The quantitative estimate of drug-likeness (QED) is 0.515. The van der Waals surface area contributed by atoms with E-state index in [4.69, 9.17) is 17.3 Å². The number of nitrogens with two attached hydrogens (primary N) is 1. The van der Waals surface area contributed by atoms with Crippen molar-refractivity contribution >= 4 is 34.2 Å². The lowest BCUT2D eigenvalue weighted by Gasteiger charge is -2.07. The Balaban J connectivity index is 2.22. The van der Waals surface area contributed by atoms with Crippen molar-refractivity contribution in [2.45, 2.75) is 10.8 Å². The first-order valence-corrected chi connectivity index (χ1v) is 6.91. The van der Waals surface area contributed by atoms with Crippen LogP contribution < -0.4 is 5.73 Å². The lowest BCUT2D eigenvalue weighted by atomic mass is 10.2. The van der Waals surface area contributed by atoms with Gasteiger partial charge in [-0.05, 0) is 41.6 Å². The number of phenols is 1. The summed E-state index contributed by atoms with van der Waals surface area (Å²) in [5, 5.41) is 9.38. The highest BCUT2D eigenvalue weighted by Gasteiger charge is 2.13. The van der Waals surface area contributed by atoms with Crippen LogP contribution in [0.15, 0.2) is 47.4 Å². The molecule has 0 radical (unpaired) electrons. The maximum Gasteiger partial charge on any atom is 0.227 e. The summed E-state index contributed by atoms with van der Waals surface area (Å²) < 4.78 is 0. The SMILES string of the molecule is Nc1cc(CCl)ccc1SC(=O)c1ccccc1O. The number of aromatic hydroxyl groups is 1. The number of alkyl halides is 1. The Morgan fingerprint density at radius 2 is 2.00 bits per heavy atom. The lowest BCUT2D eigenvalue weighted by molar-refractivity contribution is 0.108. The van der Waals surface area contributed by atoms with Crippen LogP contribution in [-0.2, 0) is 5.88 Å². The van der Waals surface area contributed by atoms with Crippen LogP contribution in [0.25, 0.3) is 0 Å². The van der Waals surface area contributed by atoms with Gasteiger partial charge in [0, 0.05) is 16.5 Å². The fraction of sp³-hybridized carbons (Fsp3) is 0.0714. The number of halogens is 1. The van der Waals surface area contributed by atoms with Gasteiger partial charge >= 0.3 is 0 Å². The molecular weight excluding hydrogens is 282 g/mol. The first-order chi connectivity index (χ1) is 9.11. The molecule has 2 rings (SSSR count). The largest absolute Gasteiger partial charge is 0.507 e. The molecule has 3 N–H and O–H groups in total. The van der Waals surface area contributed by atoms with Crippen LogP contribution in [0.2, 0.25) is 0 Å². The van der Waals surface area contributed by atoms with Gasteiger partial charge in [0.2, 0.25) is 5.12 Å². The third kappa shape index (κ3) is 3.22. The second-order valence-electron chi connectivity index (χ2n) is 3.91. The third-order valence-electron chi connectivity index (χ3n) is 2.56. The summed E-state index contributed by atoms with van der Waals surface area (Å²) >= 11 is 6.70. The molecule has 0 amide bonds. The molecule has 0 spiro atoms. The van der Waals surface area contributed by atoms with Crippen molar-refractivity contribution in [3.05, 3.63) is 53.6 Å². The molecule has 3 nitrogen and oxygen atoms in total. The lowest BCUT2D eigenvalue weighted by Crippen LogP contribution is -1.97. The molecule has 0 saturated heterocycles. The Bertz CT molecular complexity index is 616. The maximum atomic E-state index is 12.1. The van der Waals surface area contributed by atoms with Gasteiger partial charge in [0.15, 0.2) is 0 Å². The van der Waals surface area contributed by atoms with Crippen LogP contribution in [-0.4, -0.2) is 10.2 Å². The molecule has 0 aliphatic heterocycles. The van der Waals surface area contributed by atoms with E-state index in [9.17, 15) is 9.90 Å². The van der Waals surface area contributed by atoms with Crippen molar-refractivity contribution in [2.75, 3.05) is 5.73 Å². The Labute approximate surface area is 120 Å². The van der Waals surface area contributed by atoms with Gasteiger partial charge < -0.3 is 10.8 Å². The molecule has 0 atom stereocenters. The first-order valence-electron chi connectivity index (χ1n) is 5.56. The number of carbonyl (C=O) groups is 1. The van der Waals surface area contributed by atoms with Gasteiger partial charge in [0.1, 0.15) is 5.75 Å². The molecule has 5 heteroatoms. The maximum absolute atomic E-state index is 12.1. The molecule has 0 fully saturated rings. The van der Waals surface area contributed by atoms with Crippen molar-refractivity contribution in [3.8, 4) is 5.75 Å². The normalized spacial score (nSPS) is 10.4. The third-order valence-corrected chi connectivity index (χ3v) is 3.86. The molecule has 0 saturated carbocycles. The molecule has 0 heterocycles. The highest BCUT2D eigenvalue weighted by atomic mass is 35.5. The molecule has 0 aromatic heterocycles. The smallest absolute Gasteiger partial charge is 0.227 e. The summed E-state index contributed by atoms with van der Waals surface area (Å²) in [7, 11) is 0. The molecule has 0 aliphatic rings. The number of hydrogen-bond donors (Lipinski definition) is 2. The minimum absolute atomic E-state index is 0.0315. The summed E-state index contributed by atoms with van der Waals surface area (Å²) in [6.45, 7) is 0. The van der Waals surface area contributed by atoms with Gasteiger partial charge in [-0.25, -0.2) is 0 Å².